The van der Waals surface area contributed by atoms with Gasteiger partial charge in [-0.3, -0.25) is 4.79 Å². The number of hydrogen-bond donors (Lipinski definition) is 0. The second kappa shape index (κ2) is 6.08. The largest absolute Gasteiger partial charge is 0.340 e. The van der Waals surface area contributed by atoms with E-state index in [4.69, 9.17) is 0 Å². The number of carbonyl (C=O) groups excluding carboxylic acids is 1. The lowest BCUT2D eigenvalue weighted by molar-refractivity contribution is -0.132. The number of aryl methyl sites for hydroxylation is 1. The van der Waals surface area contributed by atoms with Crippen molar-refractivity contribution in [3.8, 4) is 0 Å². The van der Waals surface area contributed by atoms with Gasteiger partial charge in [-0.2, -0.15) is 0 Å². The molecule has 3 rings (SSSR count). The topological polar surface area (TPSA) is 23.6 Å². The van der Waals surface area contributed by atoms with E-state index in [2.05, 4.69) is 35.3 Å². The number of amides is 1. The predicted octanol–water partition coefficient (Wildman–Crippen LogP) is 2.63. The third-order valence-corrected chi connectivity index (χ3v) is 6.56. The van der Waals surface area contributed by atoms with E-state index in [0.29, 0.717) is 11.9 Å². The van der Waals surface area contributed by atoms with Gasteiger partial charge in [0.15, 0.2) is 0 Å². The number of likely N-dealkylation sites (tertiary alicyclic amines) is 1. The molecule has 2 aliphatic rings. The number of thioether (sulfide) groups is 1. The molecule has 0 radical (unpaired) electrons. The van der Waals surface area contributed by atoms with Gasteiger partial charge in [-0.1, -0.05) is 0 Å². The summed E-state index contributed by atoms with van der Waals surface area (Å²) in [5.74, 6) is 1.41. The zero-order valence-electron chi connectivity index (χ0n) is 12.2. The monoisotopic (exact) mass is 310 g/mol. The van der Waals surface area contributed by atoms with Gasteiger partial charge in [0.05, 0.1) is 0 Å². The van der Waals surface area contributed by atoms with Crippen LogP contribution >= 0.6 is 23.1 Å². The van der Waals surface area contributed by atoms with Gasteiger partial charge in [-0.05, 0) is 56.1 Å². The minimum atomic E-state index is 0.0471. The zero-order valence-corrected chi connectivity index (χ0v) is 13.8. The van der Waals surface area contributed by atoms with E-state index in [9.17, 15) is 4.79 Å². The Hall–Kier alpha value is -0.520. The Balaban J connectivity index is 1.74. The molecule has 0 N–H and O–H groups in total. The van der Waals surface area contributed by atoms with Crippen molar-refractivity contribution >= 4 is 29.0 Å². The fraction of sp³-hybridized carbons (Fsp3) is 0.667. The molecule has 1 aromatic heterocycles. The molecule has 2 aliphatic heterocycles. The van der Waals surface area contributed by atoms with Gasteiger partial charge in [-0.15, -0.1) is 23.1 Å². The summed E-state index contributed by atoms with van der Waals surface area (Å²) in [6, 6.07) is 2.67. The van der Waals surface area contributed by atoms with E-state index in [-0.39, 0.29) is 5.25 Å². The van der Waals surface area contributed by atoms with Gasteiger partial charge in [0.1, 0.15) is 5.25 Å². The van der Waals surface area contributed by atoms with Gasteiger partial charge in [0.25, 0.3) is 0 Å². The number of fused-ring (bicyclic) bond motifs is 1. The first kappa shape index (κ1) is 14.4. The Bertz CT molecular complexity index is 486. The second-order valence-corrected chi connectivity index (χ2v) is 8.06. The zero-order chi connectivity index (χ0) is 14.1. The van der Waals surface area contributed by atoms with E-state index >= 15 is 0 Å². The SMILES string of the molecule is CN(C)[C@@H]1CCCN(C(=O)[C@@H]2SCCc3sccc32)C1. The van der Waals surface area contributed by atoms with Crippen LogP contribution in [0.3, 0.4) is 0 Å². The third kappa shape index (κ3) is 2.76. The lowest BCUT2D eigenvalue weighted by Crippen LogP contribution is -2.48. The van der Waals surface area contributed by atoms with Crippen molar-refractivity contribution in [2.45, 2.75) is 30.6 Å². The summed E-state index contributed by atoms with van der Waals surface area (Å²) in [6.45, 7) is 1.82. The molecule has 3 nitrogen and oxygen atoms in total. The maximum Gasteiger partial charge on any atom is 0.240 e. The van der Waals surface area contributed by atoms with Gasteiger partial charge >= 0.3 is 0 Å². The van der Waals surface area contributed by atoms with E-state index in [1.165, 1.54) is 16.9 Å². The highest BCUT2D eigenvalue weighted by atomic mass is 32.2. The molecule has 2 atom stereocenters. The number of likely N-dealkylation sites (N-methyl/N-ethyl adjacent to an activating group) is 1. The van der Waals surface area contributed by atoms with Crippen LogP contribution in [0.2, 0.25) is 0 Å². The van der Waals surface area contributed by atoms with Crippen LogP contribution in [0.25, 0.3) is 0 Å². The summed E-state index contributed by atoms with van der Waals surface area (Å²) < 4.78 is 0. The van der Waals surface area contributed by atoms with Crippen LogP contribution in [0, 0.1) is 0 Å². The predicted molar refractivity (Wildman–Crippen MR) is 86.5 cm³/mol. The molecule has 0 saturated carbocycles. The average molecular weight is 310 g/mol. The summed E-state index contributed by atoms with van der Waals surface area (Å²) in [6.07, 6.45) is 3.46. The van der Waals surface area contributed by atoms with Crippen LogP contribution in [-0.4, -0.2) is 54.7 Å². The van der Waals surface area contributed by atoms with Crippen LogP contribution in [0.15, 0.2) is 11.4 Å². The lowest BCUT2D eigenvalue weighted by Gasteiger charge is -2.38. The molecule has 110 valence electrons. The molecule has 0 aromatic carbocycles. The summed E-state index contributed by atoms with van der Waals surface area (Å²) in [5, 5.41) is 2.18. The summed E-state index contributed by atoms with van der Waals surface area (Å²) in [7, 11) is 4.23. The van der Waals surface area contributed by atoms with Crippen molar-refractivity contribution in [2.75, 3.05) is 32.9 Å². The van der Waals surface area contributed by atoms with E-state index in [1.807, 2.05) is 11.8 Å². The first-order valence-electron chi connectivity index (χ1n) is 7.30. The Morgan fingerprint density at radius 1 is 1.45 bits per heavy atom. The van der Waals surface area contributed by atoms with Crippen molar-refractivity contribution in [2.24, 2.45) is 0 Å². The number of carbonyl (C=O) groups is 1. The first-order valence-corrected chi connectivity index (χ1v) is 9.22. The van der Waals surface area contributed by atoms with Crippen molar-refractivity contribution in [3.05, 3.63) is 21.9 Å². The number of rotatable bonds is 2. The maximum atomic E-state index is 12.9. The average Bonchev–Trinajstić information content (AvgIpc) is 2.95. The summed E-state index contributed by atoms with van der Waals surface area (Å²) >= 11 is 3.63. The second-order valence-electron chi connectivity index (χ2n) is 5.84. The van der Waals surface area contributed by atoms with Crippen LogP contribution < -0.4 is 0 Å². The molecule has 1 saturated heterocycles. The molecule has 1 aromatic rings. The quantitative estimate of drug-likeness (QED) is 0.839. The molecule has 1 amide bonds. The number of piperidine rings is 1. The van der Waals surface area contributed by atoms with E-state index < -0.39 is 0 Å². The molecule has 0 spiro atoms. The fourth-order valence-corrected chi connectivity index (χ4v) is 5.47. The molecule has 0 bridgehead atoms. The number of nitrogens with zero attached hydrogens (tertiary/aromatic N) is 2. The molecular weight excluding hydrogens is 288 g/mol. The van der Waals surface area contributed by atoms with Gasteiger partial charge in [0.2, 0.25) is 5.91 Å². The highest BCUT2D eigenvalue weighted by Gasteiger charge is 2.33. The first-order chi connectivity index (χ1) is 9.66. The minimum Gasteiger partial charge on any atom is -0.340 e. The number of hydrogen-bond acceptors (Lipinski definition) is 4. The van der Waals surface area contributed by atoms with Crippen molar-refractivity contribution in [1.82, 2.24) is 9.80 Å². The van der Waals surface area contributed by atoms with E-state index in [0.717, 1.165) is 31.7 Å². The Morgan fingerprint density at radius 2 is 2.30 bits per heavy atom. The van der Waals surface area contributed by atoms with Crippen LogP contribution in [-0.2, 0) is 11.2 Å². The maximum absolute atomic E-state index is 12.9. The fourth-order valence-electron chi connectivity index (χ4n) is 3.09. The van der Waals surface area contributed by atoms with Gasteiger partial charge < -0.3 is 9.80 Å². The van der Waals surface area contributed by atoms with Gasteiger partial charge in [0, 0.05) is 24.0 Å². The molecular formula is C15H22N2OS2. The van der Waals surface area contributed by atoms with E-state index in [1.54, 1.807) is 11.3 Å². The van der Waals surface area contributed by atoms with Crippen LogP contribution in [0.4, 0.5) is 0 Å². The number of thiophene rings is 1. The molecule has 0 aliphatic carbocycles. The Morgan fingerprint density at radius 3 is 3.10 bits per heavy atom. The molecule has 1 fully saturated rings. The third-order valence-electron chi connectivity index (χ3n) is 4.34. The van der Waals surface area contributed by atoms with Crippen molar-refractivity contribution in [3.63, 3.8) is 0 Å². The van der Waals surface area contributed by atoms with Gasteiger partial charge in [-0.25, -0.2) is 0 Å². The molecule has 5 heteroatoms. The van der Waals surface area contributed by atoms with Crippen LogP contribution in [0.1, 0.15) is 28.5 Å². The Labute approximate surface area is 129 Å². The van der Waals surface area contributed by atoms with Crippen molar-refractivity contribution in [1.29, 1.82) is 0 Å². The van der Waals surface area contributed by atoms with Crippen LogP contribution in [0.5, 0.6) is 0 Å². The summed E-state index contributed by atoms with van der Waals surface area (Å²) in [5.41, 5.74) is 1.28. The molecule has 0 unspecified atom stereocenters. The smallest absolute Gasteiger partial charge is 0.240 e. The highest BCUT2D eigenvalue weighted by Crippen LogP contribution is 2.40. The Kier molecular flexibility index (Phi) is 4.38. The molecule has 3 heterocycles. The van der Waals surface area contributed by atoms with Crippen molar-refractivity contribution < 1.29 is 4.79 Å². The normalized spacial score (nSPS) is 26.6. The standard InChI is InChI=1S/C15H22N2OS2/c1-16(2)11-4-3-7-17(10-11)15(18)14-12-5-8-19-13(12)6-9-20-14/h5,8,11,14H,3-4,6-7,9-10H2,1-2H3/t11-,14-/m1/s1. The lowest BCUT2D eigenvalue weighted by atomic mass is 10.0. The molecule has 20 heavy (non-hydrogen) atoms. The minimum absolute atomic E-state index is 0.0471. The summed E-state index contributed by atoms with van der Waals surface area (Å²) in [4.78, 5) is 18.6. The highest BCUT2D eigenvalue weighted by molar-refractivity contribution is 8.00.